The Labute approximate surface area is 153 Å². The van der Waals surface area contributed by atoms with Crippen LogP contribution in [0.25, 0.3) is 0 Å². The highest BCUT2D eigenvalue weighted by atomic mass is 16.5. The first-order valence-corrected chi connectivity index (χ1v) is 8.23. The van der Waals surface area contributed by atoms with E-state index >= 15 is 0 Å². The summed E-state index contributed by atoms with van der Waals surface area (Å²) in [5.41, 5.74) is 2.29. The van der Waals surface area contributed by atoms with Crippen LogP contribution in [0.15, 0.2) is 42.5 Å². The number of carbonyl (C=O) groups is 2. The molecule has 0 atom stereocenters. The number of nitrogens with one attached hydrogen (secondary N) is 1. The summed E-state index contributed by atoms with van der Waals surface area (Å²) in [5.74, 6) is -0.0123. The van der Waals surface area contributed by atoms with Gasteiger partial charge in [0.25, 0.3) is 5.91 Å². The Bertz CT molecular complexity index is 768. The second-order valence-corrected chi connectivity index (χ2v) is 5.91. The van der Waals surface area contributed by atoms with Crippen molar-refractivity contribution >= 4 is 17.6 Å². The van der Waals surface area contributed by atoms with Gasteiger partial charge in [-0.3, -0.25) is 4.79 Å². The molecule has 1 amide bonds. The standard InChI is InChI=1S/C20H23NO5/c1-13(2)26-12-16-11-15(7-10-18(16)24-3)19(22)21-17-8-5-14(6-9-17)20(23)25-4/h5-11,13H,12H2,1-4H3,(H,21,22). The predicted octanol–water partition coefficient (Wildman–Crippen LogP) is 3.66. The second-order valence-electron chi connectivity index (χ2n) is 5.91. The molecule has 0 heterocycles. The zero-order valence-electron chi connectivity index (χ0n) is 15.4. The first-order valence-electron chi connectivity index (χ1n) is 8.23. The van der Waals surface area contributed by atoms with Crippen LogP contribution in [0.2, 0.25) is 0 Å². The molecule has 0 fully saturated rings. The van der Waals surface area contributed by atoms with E-state index in [9.17, 15) is 9.59 Å². The molecule has 0 unspecified atom stereocenters. The Kier molecular flexibility index (Phi) is 6.74. The smallest absolute Gasteiger partial charge is 0.337 e. The van der Waals surface area contributed by atoms with Crippen molar-refractivity contribution in [2.75, 3.05) is 19.5 Å². The van der Waals surface area contributed by atoms with Crippen LogP contribution >= 0.6 is 0 Å². The molecule has 0 aromatic heterocycles. The van der Waals surface area contributed by atoms with E-state index in [0.717, 1.165) is 5.56 Å². The highest BCUT2D eigenvalue weighted by Crippen LogP contribution is 2.22. The van der Waals surface area contributed by atoms with Crippen LogP contribution in [0.5, 0.6) is 5.75 Å². The van der Waals surface area contributed by atoms with Gasteiger partial charge in [0, 0.05) is 16.8 Å². The Hall–Kier alpha value is -2.86. The van der Waals surface area contributed by atoms with Crippen LogP contribution < -0.4 is 10.1 Å². The van der Waals surface area contributed by atoms with Crippen LogP contribution in [0, 0.1) is 0 Å². The van der Waals surface area contributed by atoms with Gasteiger partial charge in [0.1, 0.15) is 5.75 Å². The Morgan fingerprint density at radius 2 is 1.65 bits per heavy atom. The van der Waals surface area contributed by atoms with E-state index in [1.165, 1.54) is 7.11 Å². The maximum absolute atomic E-state index is 12.5. The maximum atomic E-state index is 12.5. The summed E-state index contributed by atoms with van der Waals surface area (Å²) < 4.78 is 15.6. The summed E-state index contributed by atoms with van der Waals surface area (Å²) in [6, 6.07) is 11.7. The van der Waals surface area contributed by atoms with E-state index in [0.29, 0.717) is 29.2 Å². The lowest BCUT2D eigenvalue weighted by Gasteiger charge is -2.13. The first kappa shape index (κ1) is 19.5. The molecule has 0 aliphatic carbocycles. The average Bonchev–Trinajstić information content (AvgIpc) is 2.65. The number of hydrogen-bond acceptors (Lipinski definition) is 5. The number of esters is 1. The van der Waals surface area contributed by atoms with Crippen LogP contribution in [0.1, 0.15) is 40.1 Å². The fourth-order valence-electron chi connectivity index (χ4n) is 2.30. The van der Waals surface area contributed by atoms with E-state index in [1.807, 2.05) is 13.8 Å². The van der Waals surface area contributed by atoms with Crippen molar-refractivity contribution in [2.24, 2.45) is 0 Å². The molecule has 2 aromatic carbocycles. The van der Waals surface area contributed by atoms with Gasteiger partial charge >= 0.3 is 5.97 Å². The van der Waals surface area contributed by atoms with Crippen LogP contribution in [0.4, 0.5) is 5.69 Å². The van der Waals surface area contributed by atoms with Gasteiger partial charge in [-0.25, -0.2) is 4.79 Å². The van der Waals surface area contributed by atoms with Crippen LogP contribution in [-0.4, -0.2) is 32.2 Å². The predicted molar refractivity (Wildman–Crippen MR) is 98.7 cm³/mol. The summed E-state index contributed by atoms with van der Waals surface area (Å²) in [6.07, 6.45) is 0.0746. The molecule has 1 N–H and O–H groups in total. The fraction of sp³-hybridized carbons (Fsp3) is 0.300. The molecule has 0 radical (unpaired) electrons. The second kappa shape index (κ2) is 9.01. The lowest BCUT2D eigenvalue weighted by Crippen LogP contribution is -2.13. The summed E-state index contributed by atoms with van der Waals surface area (Å²) in [7, 11) is 2.90. The van der Waals surface area contributed by atoms with Gasteiger partial charge in [0.2, 0.25) is 0 Å². The lowest BCUT2D eigenvalue weighted by atomic mass is 10.1. The number of rotatable bonds is 7. The zero-order valence-corrected chi connectivity index (χ0v) is 15.4. The van der Waals surface area contributed by atoms with Crippen molar-refractivity contribution in [3.63, 3.8) is 0 Å². The molecule has 0 saturated carbocycles. The van der Waals surface area contributed by atoms with Crippen molar-refractivity contribution in [3.8, 4) is 5.75 Å². The van der Waals surface area contributed by atoms with Crippen molar-refractivity contribution in [1.29, 1.82) is 0 Å². The molecule has 6 nitrogen and oxygen atoms in total. The van der Waals surface area contributed by atoms with Crippen molar-refractivity contribution in [2.45, 2.75) is 26.6 Å². The third-order valence-electron chi connectivity index (χ3n) is 3.68. The molecule has 6 heteroatoms. The number of ether oxygens (including phenoxy) is 3. The first-order chi connectivity index (χ1) is 12.4. The minimum Gasteiger partial charge on any atom is -0.496 e. The van der Waals surface area contributed by atoms with E-state index in [4.69, 9.17) is 9.47 Å². The molecule has 0 aliphatic rings. The molecule has 0 spiro atoms. The van der Waals surface area contributed by atoms with Gasteiger partial charge in [-0.2, -0.15) is 0 Å². The molecular formula is C20H23NO5. The fourth-order valence-corrected chi connectivity index (χ4v) is 2.30. The van der Waals surface area contributed by atoms with E-state index in [2.05, 4.69) is 10.1 Å². The largest absolute Gasteiger partial charge is 0.496 e. The van der Waals surface area contributed by atoms with Crippen LogP contribution in [-0.2, 0) is 16.1 Å². The number of anilines is 1. The normalized spacial score (nSPS) is 10.5. The van der Waals surface area contributed by atoms with Gasteiger partial charge in [-0.15, -0.1) is 0 Å². The summed E-state index contributed by atoms with van der Waals surface area (Å²) in [5, 5.41) is 2.80. The molecule has 26 heavy (non-hydrogen) atoms. The van der Waals surface area contributed by atoms with Gasteiger partial charge < -0.3 is 19.5 Å². The van der Waals surface area contributed by atoms with Gasteiger partial charge in [0.05, 0.1) is 32.5 Å². The molecule has 2 aromatic rings. The number of hydrogen-bond donors (Lipinski definition) is 1. The minimum absolute atomic E-state index is 0.0746. The molecule has 0 aliphatic heterocycles. The molecular weight excluding hydrogens is 334 g/mol. The number of methoxy groups -OCH3 is 2. The zero-order chi connectivity index (χ0) is 19.1. The Morgan fingerprint density at radius 1 is 1.00 bits per heavy atom. The third-order valence-corrected chi connectivity index (χ3v) is 3.68. The molecule has 138 valence electrons. The van der Waals surface area contributed by atoms with Crippen molar-refractivity contribution in [1.82, 2.24) is 0 Å². The van der Waals surface area contributed by atoms with Gasteiger partial charge in [0.15, 0.2) is 0 Å². The Morgan fingerprint density at radius 3 is 2.23 bits per heavy atom. The number of benzene rings is 2. The third kappa shape index (κ3) is 5.07. The van der Waals surface area contributed by atoms with Crippen molar-refractivity contribution in [3.05, 3.63) is 59.2 Å². The number of amides is 1. The van der Waals surface area contributed by atoms with E-state index in [1.54, 1.807) is 49.6 Å². The summed E-state index contributed by atoms with van der Waals surface area (Å²) in [6.45, 7) is 4.25. The minimum atomic E-state index is -0.423. The maximum Gasteiger partial charge on any atom is 0.337 e. The highest BCUT2D eigenvalue weighted by Gasteiger charge is 2.12. The lowest BCUT2D eigenvalue weighted by molar-refractivity contribution is 0.0600. The topological polar surface area (TPSA) is 73.9 Å². The van der Waals surface area contributed by atoms with E-state index < -0.39 is 5.97 Å². The monoisotopic (exact) mass is 357 g/mol. The Balaban J connectivity index is 2.13. The van der Waals surface area contributed by atoms with E-state index in [-0.39, 0.29) is 12.0 Å². The summed E-state index contributed by atoms with van der Waals surface area (Å²) >= 11 is 0. The highest BCUT2D eigenvalue weighted by molar-refractivity contribution is 6.04. The quantitative estimate of drug-likeness (QED) is 0.766. The molecule has 0 bridgehead atoms. The van der Waals surface area contributed by atoms with Crippen LogP contribution in [0.3, 0.4) is 0 Å². The average molecular weight is 357 g/mol. The van der Waals surface area contributed by atoms with Gasteiger partial charge in [-0.1, -0.05) is 0 Å². The number of carbonyl (C=O) groups excluding carboxylic acids is 2. The molecule has 2 rings (SSSR count). The van der Waals surface area contributed by atoms with Gasteiger partial charge in [-0.05, 0) is 56.3 Å². The molecule has 0 saturated heterocycles. The van der Waals surface area contributed by atoms with Crippen molar-refractivity contribution < 1.29 is 23.8 Å². The summed E-state index contributed by atoms with van der Waals surface area (Å²) in [4.78, 5) is 23.9. The SMILES string of the molecule is COC(=O)c1ccc(NC(=O)c2ccc(OC)c(COC(C)C)c2)cc1.